The second-order valence-corrected chi connectivity index (χ2v) is 18.3. The van der Waals surface area contributed by atoms with Gasteiger partial charge in [0.2, 0.25) is 0 Å². The summed E-state index contributed by atoms with van der Waals surface area (Å²) in [5, 5.41) is 0. The third-order valence-electron chi connectivity index (χ3n) is 5.90. The number of ketones is 4. The molecule has 0 aliphatic rings. The first-order valence-electron chi connectivity index (χ1n) is 25.8. The summed E-state index contributed by atoms with van der Waals surface area (Å²) in [7, 11) is -5.67. The van der Waals surface area contributed by atoms with Crippen molar-refractivity contribution in [1.82, 2.24) is 0 Å². The van der Waals surface area contributed by atoms with Crippen molar-refractivity contribution in [2.45, 2.75) is 176 Å². The molecule has 0 saturated heterocycles. The molecular weight excluding hydrogens is 961 g/mol. The molecule has 0 bridgehead atoms. The zero-order valence-corrected chi connectivity index (χ0v) is 52.8. The Labute approximate surface area is 457 Å². The topological polar surface area (TPSA) is 137 Å². The minimum absolute atomic E-state index is 0.121. The zero-order chi connectivity index (χ0) is 60.4. The van der Waals surface area contributed by atoms with Crippen molar-refractivity contribution in [2.75, 3.05) is 18.8 Å². The predicted octanol–water partition coefficient (Wildman–Crippen LogP) is 17.5. The van der Waals surface area contributed by atoms with Crippen LogP contribution in [0.3, 0.4) is 0 Å². The third-order valence-corrected chi connectivity index (χ3v) is 7.03. The van der Waals surface area contributed by atoms with E-state index in [-0.39, 0.29) is 23.1 Å². The Bertz CT molecular complexity index is 2070. The largest absolute Gasteiger partial charge is 0.300 e. The van der Waals surface area contributed by atoms with Crippen molar-refractivity contribution in [3.05, 3.63) is 174 Å². The molecule has 10 heteroatoms. The predicted molar refractivity (Wildman–Crippen MR) is 329 cm³/mol. The van der Waals surface area contributed by atoms with Gasteiger partial charge in [-0.15, -0.1) is 5.92 Å². The quantitative estimate of drug-likeness (QED) is 0.128. The van der Waals surface area contributed by atoms with Crippen molar-refractivity contribution in [1.29, 1.82) is 0 Å². The Balaban J connectivity index is -0.0000000768. The Kier molecular flexibility index (Phi) is 90.7. The molecule has 5 aromatic carbocycles. The van der Waals surface area contributed by atoms with E-state index in [4.69, 9.17) is 0 Å². The number of aryl methyl sites for hydroxylation is 2. The van der Waals surface area contributed by atoms with Crippen LogP contribution >= 0.6 is 0 Å². The van der Waals surface area contributed by atoms with Crippen molar-refractivity contribution >= 4 is 42.8 Å². The summed E-state index contributed by atoms with van der Waals surface area (Å²) in [5.74, 6) is 6.41. The van der Waals surface area contributed by atoms with Gasteiger partial charge in [0.05, 0.1) is 4.90 Å². The van der Waals surface area contributed by atoms with Crippen LogP contribution in [0.4, 0.5) is 0 Å². The highest BCUT2D eigenvalue weighted by Gasteiger charge is 2.03. The Morgan fingerprint density at radius 2 is 0.595 bits per heavy atom. The van der Waals surface area contributed by atoms with Crippen LogP contribution in [0.15, 0.2) is 157 Å². The van der Waals surface area contributed by atoms with E-state index in [2.05, 4.69) is 88.1 Å². The van der Waals surface area contributed by atoms with Gasteiger partial charge in [-0.25, -0.2) is 16.8 Å². The highest BCUT2D eigenvalue weighted by Crippen LogP contribution is 2.05. The maximum Gasteiger partial charge on any atom is 0.175 e. The van der Waals surface area contributed by atoms with E-state index >= 15 is 0 Å². The number of hydrogen-bond donors (Lipinski definition) is 0. The van der Waals surface area contributed by atoms with E-state index in [0.717, 1.165) is 36.5 Å². The van der Waals surface area contributed by atoms with Crippen LogP contribution in [0.2, 0.25) is 0 Å². The number of sulfone groups is 2. The maximum absolute atomic E-state index is 10.8. The van der Waals surface area contributed by atoms with Crippen molar-refractivity contribution in [3.63, 3.8) is 0 Å². The molecule has 0 aromatic heterocycles. The number of carbonyl (C=O) groups is 4. The molecule has 0 spiro atoms. The van der Waals surface area contributed by atoms with Gasteiger partial charge < -0.3 is 14.4 Å². The Morgan fingerprint density at radius 1 is 0.392 bits per heavy atom. The summed E-state index contributed by atoms with van der Waals surface area (Å²) in [6.07, 6.45) is 7.05. The molecule has 0 radical (unpaired) electrons. The summed E-state index contributed by atoms with van der Waals surface area (Å²) < 4.78 is 40.9. The van der Waals surface area contributed by atoms with Crippen LogP contribution in [0.1, 0.15) is 186 Å². The van der Waals surface area contributed by atoms with E-state index in [1.54, 1.807) is 37.3 Å². The summed E-state index contributed by atoms with van der Waals surface area (Å²) >= 11 is 0. The number of benzene rings is 5. The van der Waals surface area contributed by atoms with Gasteiger partial charge in [0, 0.05) is 29.9 Å². The third kappa shape index (κ3) is 107. The molecule has 0 aliphatic carbocycles. The number of rotatable bonds is 4. The van der Waals surface area contributed by atoms with Crippen LogP contribution in [0.25, 0.3) is 0 Å². The fourth-order valence-corrected chi connectivity index (χ4v) is 4.09. The second-order valence-electron chi connectivity index (χ2n) is 14.0. The molecule has 0 amide bonds. The van der Waals surface area contributed by atoms with Crippen LogP contribution in [0, 0.1) is 11.8 Å². The van der Waals surface area contributed by atoms with Crippen molar-refractivity contribution in [2.24, 2.45) is 0 Å². The number of Topliss-reactive ketones (excluding diaryl/α,β-unsaturated/α-hetero) is 4. The van der Waals surface area contributed by atoms with Gasteiger partial charge in [0.15, 0.2) is 15.6 Å². The van der Waals surface area contributed by atoms with Crippen LogP contribution in [0.5, 0.6) is 0 Å². The minimum atomic E-state index is -3.00. The molecule has 74 heavy (non-hydrogen) atoms. The minimum Gasteiger partial charge on any atom is -0.300 e. The Morgan fingerprint density at radius 3 is 0.743 bits per heavy atom. The molecular formula is C64H106O8S2. The first-order valence-corrected chi connectivity index (χ1v) is 29.9. The standard InChI is InChI=1S/C9H8.C8H8O.2C8H10.C7H8O2S.3C3H6O.C3H8.C2H6O2S.5C2H6/c1-2-6-9-7-4-3-5-8-9;1-7(9)8-5-3-2-4-6-8;2*1-2-8-6-4-3-5-7-8;1-10(8,9)7-5-3-2-4-6-7;3*1-3(2)4;1-3-2;1-5(2,3)4;5*1-2/h3-5,7-8H,1H3;2-6H,1H3;2*3-7H,2H2,1H3;2-6H,1H3;3*1-2H3;3H2,1-2H3;1-2H3;5*1-2H3. The van der Waals surface area contributed by atoms with Gasteiger partial charge >= 0.3 is 0 Å². The maximum atomic E-state index is 10.8. The van der Waals surface area contributed by atoms with Crippen molar-refractivity contribution in [3.8, 4) is 11.8 Å². The van der Waals surface area contributed by atoms with Gasteiger partial charge in [0.25, 0.3) is 0 Å². The van der Waals surface area contributed by atoms with Crippen LogP contribution in [-0.2, 0) is 46.9 Å². The van der Waals surface area contributed by atoms with Crippen molar-refractivity contribution < 1.29 is 36.0 Å². The van der Waals surface area contributed by atoms with Gasteiger partial charge in [-0.2, -0.15) is 0 Å². The van der Waals surface area contributed by atoms with E-state index in [9.17, 15) is 36.0 Å². The molecule has 0 fully saturated rings. The van der Waals surface area contributed by atoms with E-state index in [1.165, 1.54) is 65.3 Å². The number of carbonyl (C=O) groups excluding carboxylic acids is 4. The molecule has 0 N–H and O–H groups in total. The second kappa shape index (κ2) is 73.8. The summed E-state index contributed by atoms with van der Waals surface area (Å²) in [4.78, 5) is 39.3. The molecule has 0 atom stereocenters. The molecule has 5 rings (SSSR count). The summed E-state index contributed by atoms with van der Waals surface area (Å²) in [6.45, 7) is 41.1. The first-order chi connectivity index (χ1) is 34.8. The summed E-state index contributed by atoms with van der Waals surface area (Å²) in [5.41, 5.74) is 4.68. The lowest BCUT2D eigenvalue weighted by molar-refractivity contribution is -0.115. The molecule has 0 saturated carbocycles. The first kappa shape index (κ1) is 91.0. The normalized spacial score (nSPS) is 8.01. The molecule has 8 nitrogen and oxygen atoms in total. The summed E-state index contributed by atoms with van der Waals surface area (Å²) in [6, 6.07) is 48.4. The highest BCUT2D eigenvalue weighted by molar-refractivity contribution is 7.90. The Hall–Kier alpha value is -5.76. The lowest BCUT2D eigenvalue weighted by Gasteiger charge is -1.93. The molecule has 0 aliphatic heterocycles. The monoisotopic (exact) mass is 1070 g/mol. The lowest BCUT2D eigenvalue weighted by Crippen LogP contribution is -1.95. The molecule has 0 heterocycles. The SMILES string of the molecule is CC.CC.CC.CC.CC.CC#Cc1ccccc1.CC(=O)c1ccccc1.CC(C)=O.CC(C)=O.CC(C)=O.CCC.CCc1ccccc1.CCc1ccccc1.CS(=O)(=O)c1ccccc1.CS(C)(=O)=O. The van der Waals surface area contributed by atoms with E-state index in [1.807, 2.05) is 149 Å². The van der Waals surface area contributed by atoms with Crippen LogP contribution < -0.4 is 0 Å². The molecule has 5 aromatic rings. The average molecular weight is 1070 g/mol. The molecule has 422 valence electrons. The van der Waals surface area contributed by atoms with E-state index < -0.39 is 19.7 Å². The smallest absolute Gasteiger partial charge is 0.175 e. The fourth-order valence-electron chi connectivity index (χ4n) is 3.43. The van der Waals surface area contributed by atoms with E-state index in [0.29, 0.717) is 4.90 Å². The van der Waals surface area contributed by atoms with Gasteiger partial charge in [0.1, 0.15) is 27.2 Å². The van der Waals surface area contributed by atoms with Gasteiger partial charge in [-0.3, -0.25) is 4.79 Å². The number of hydrogen-bond acceptors (Lipinski definition) is 8. The fraction of sp³-hybridized carbons (Fsp3) is 0.438. The van der Waals surface area contributed by atoms with Gasteiger partial charge in [-0.05, 0) is 104 Å². The average Bonchev–Trinajstić information content (AvgIpc) is 3.38. The van der Waals surface area contributed by atoms with Gasteiger partial charge in [-0.1, -0.05) is 237 Å². The zero-order valence-electron chi connectivity index (χ0n) is 51.1. The van der Waals surface area contributed by atoms with Crippen LogP contribution in [-0.4, -0.2) is 58.7 Å². The lowest BCUT2D eigenvalue weighted by atomic mass is 10.2. The highest BCUT2D eigenvalue weighted by atomic mass is 32.2. The molecule has 0 unspecified atom stereocenters.